The highest BCUT2D eigenvalue weighted by Gasteiger charge is 2.22. The van der Waals surface area contributed by atoms with Gasteiger partial charge in [0.2, 0.25) is 0 Å². The van der Waals surface area contributed by atoms with Crippen molar-refractivity contribution in [3.63, 3.8) is 0 Å². The van der Waals surface area contributed by atoms with Crippen LogP contribution in [0.3, 0.4) is 0 Å². The zero-order chi connectivity index (χ0) is 20.6. The lowest BCUT2D eigenvalue weighted by molar-refractivity contribution is -0.115. The zero-order valence-corrected chi connectivity index (χ0v) is 17.7. The van der Waals surface area contributed by atoms with E-state index in [2.05, 4.69) is 5.32 Å². The second-order valence-corrected chi connectivity index (χ2v) is 7.71. The first-order valence-electron chi connectivity index (χ1n) is 8.91. The summed E-state index contributed by atoms with van der Waals surface area (Å²) in [5.74, 6) is 2.56. The van der Waals surface area contributed by atoms with E-state index in [0.29, 0.717) is 40.4 Å². The topological polar surface area (TPSA) is 66.0 Å². The third kappa shape index (κ3) is 5.88. The number of nitrogens with one attached hydrogen (secondary N) is 1. The standard InChI is InChI=1S/C21H21NO5S2/c1-24-15-5-3-6-16(13-15)26-9-4-10-27-17-8-7-14(11-18(17)25-2)12-19-20(23)22-21(28)29-19/h3,5-8,11-13H,4,9-10H2,1-2H3,(H,22,23,28). The number of thioether (sulfide) groups is 1. The van der Waals surface area contributed by atoms with Crippen molar-refractivity contribution < 1.29 is 23.7 Å². The lowest BCUT2D eigenvalue weighted by Gasteiger charge is -2.12. The van der Waals surface area contributed by atoms with Gasteiger partial charge in [0.05, 0.1) is 32.3 Å². The molecule has 0 aliphatic carbocycles. The van der Waals surface area contributed by atoms with Crippen LogP contribution in [0.2, 0.25) is 0 Å². The van der Waals surface area contributed by atoms with Crippen LogP contribution in [0, 0.1) is 0 Å². The molecule has 1 heterocycles. The first-order valence-corrected chi connectivity index (χ1v) is 10.1. The lowest BCUT2D eigenvalue weighted by atomic mass is 10.2. The predicted octanol–water partition coefficient (Wildman–Crippen LogP) is 4.04. The van der Waals surface area contributed by atoms with E-state index in [9.17, 15) is 4.79 Å². The Hall–Kier alpha value is -2.71. The number of hydrogen-bond acceptors (Lipinski definition) is 7. The number of hydrogen-bond donors (Lipinski definition) is 1. The Morgan fingerprint density at radius 3 is 2.52 bits per heavy atom. The van der Waals surface area contributed by atoms with Crippen LogP contribution < -0.4 is 24.3 Å². The minimum atomic E-state index is -0.185. The van der Waals surface area contributed by atoms with Gasteiger partial charge in [0.15, 0.2) is 11.5 Å². The molecule has 1 N–H and O–H groups in total. The summed E-state index contributed by atoms with van der Waals surface area (Å²) in [5.41, 5.74) is 0.831. The van der Waals surface area contributed by atoms with E-state index < -0.39 is 0 Å². The number of thiocarbonyl (C=S) groups is 1. The van der Waals surface area contributed by atoms with E-state index in [1.165, 1.54) is 11.8 Å². The Bertz CT molecular complexity index is 929. The van der Waals surface area contributed by atoms with Crippen LogP contribution in [0.1, 0.15) is 12.0 Å². The molecule has 0 saturated carbocycles. The fourth-order valence-electron chi connectivity index (χ4n) is 2.59. The van der Waals surface area contributed by atoms with Crippen LogP contribution in [0.15, 0.2) is 47.4 Å². The minimum Gasteiger partial charge on any atom is -0.497 e. The van der Waals surface area contributed by atoms with Crippen LogP contribution in [-0.4, -0.2) is 37.7 Å². The average Bonchev–Trinajstić information content (AvgIpc) is 3.05. The average molecular weight is 432 g/mol. The molecule has 6 nitrogen and oxygen atoms in total. The molecule has 1 amide bonds. The van der Waals surface area contributed by atoms with Gasteiger partial charge in [-0.3, -0.25) is 4.79 Å². The summed E-state index contributed by atoms with van der Waals surface area (Å²) in [4.78, 5) is 12.3. The summed E-state index contributed by atoms with van der Waals surface area (Å²) in [6.07, 6.45) is 2.48. The molecule has 1 fully saturated rings. The molecule has 0 unspecified atom stereocenters. The second kappa shape index (κ2) is 10.2. The fourth-order valence-corrected chi connectivity index (χ4v) is 3.63. The number of amides is 1. The van der Waals surface area contributed by atoms with E-state index in [0.717, 1.165) is 17.1 Å². The van der Waals surface area contributed by atoms with Gasteiger partial charge in [-0.15, -0.1) is 0 Å². The number of benzene rings is 2. The third-order valence-electron chi connectivity index (χ3n) is 3.98. The summed E-state index contributed by atoms with van der Waals surface area (Å²) in [6.45, 7) is 0.999. The molecule has 0 aromatic heterocycles. The van der Waals surface area contributed by atoms with Crippen molar-refractivity contribution in [3.8, 4) is 23.0 Å². The van der Waals surface area contributed by atoms with Crippen LogP contribution in [0.5, 0.6) is 23.0 Å². The van der Waals surface area contributed by atoms with Crippen molar-refractivity contribution in [1.82, 2.24) is 5.32 Å². The van der Waals surface area contributed by atoms with Crippen LogP contribution in [-0.2, 0) is 4.79 Å². The Kier molecular flexibility index (Phi) is 7.37. The zero-order valence-electron chi connectivity index (χ0n) is 16.1. The molecular weight excluding hydrogens is 410 g/mol. The Labute approximate surface area is 179 Å². The first kappa shape index (κ1) is 21.0. The van der Waals surface area contributed by atoms with Gasteiger partial charge in [-0.2, -0.15) is 0 Å². The van der Waals surface area contributed by atoms with Crippen molar-refractivity contribution >= 4 is 40.3 Å². The van der Waals surface area contributed by atoms with Gasteiger partial charge in [0.25, 0.3) is 5.91 Å². The summed E-state index contributed by atoms with van der Waals surface area (Å²) in [7, 11) is 3.20. The molecule has 3 rings (SSSR count). The summed E-state index contributed by atoms with van der Waals surface area (Å²) in [5, 5.41) is 2.60. The summed E-state index contributed by atoms with van der Waals surface area (Å²) in [6, 6.07) is 13.0. The van der Waals surface area contributed by atoms with Gasteiger partial charge in [-0.25, -0.2) is 0 Å². The molecule has 152 valence electrons. The van der Waals surface area contributed by atoms with Crippen molar-refractivity contribution in [2.45, 2.75) is 6.42 Å². The maximum atomic E-state index is 11.8. The van der Waals surface area contributed by atoms with Gasteiger partial charge < -0.3 is 24.3 Å². The third-order valence-corrected chi connectivity index (χ3v) is 5.15. The summed E-state index contributed by atoms with van der Waals surface area (Å²) < 4.78 is 22.6. The maximum absolute atomic E-state index is 11.8. The second-order valence-electron chi connectivity index (χ2n) is 5.99. The maximum Gasteiger partial charge on any atom is 0.263 e. The van der Waals surface area contributed by atoms with Crippen LogP contribution in [0.25, 0.3) is 6.08 Å². The van der Waals surface area contributed by atoms with E-state index in [-0.39, 0.29) is 5.91 Å². The van der Waals surface area contributed by atoms with E-state index >= 15 is 0 Å². The fraction of sp³-hybridized carbons (Fsp3) is 0.238. The Morgan fingerprint density at radius 1 is 1.00 bits per heavy atom. The normalized spacial score (nSPS) is 14.6. The minimum absolute atomic E-state index is 0.185. The molecule has 0 bridgehead atoms. The van der Waals surface area contributed by atoms with E-state index in [1.807, 2.05) is 42.5 Å². The highest BCUT2D eigenvalue weighted by atomic mass is 32.2. The van der Waals surface area contributed by atoms with Crippen molar-refractivity contribution in [2.75, 3.05) is 27.4 Å². The van der Waals surface area contributed by atoms with E-state index in [4.69, 9.17) is 31.2 Å². The van der Waals surface area contributed by atoms with Crippen molar-refractivity contribution in [3.05, 3.63) is 52.9 Å². The molecule has 0 atom stereocenters. The summed E-state index contributed by atoms with van der Waals surface area (Å²) >= 11 is 6.24. The highest BCUT2D eigenvalue weighted by molar-refractivity contribution is 8.26. The smallest absolute Gasteiger partial charge is 0.263 e. The van der Waals surface area contributed by atoms with Crippen LogP contribution >= 0.6 is 24.0 Å². The molecule has 2 aromatic carbocycles. The molecule has 1 saturated heterocycles. The number of carbonyl (C=O) groups excluding carboxylic acids is 1. The van der Waals surface area contributed by atoms with Gasteiger partial charge in [0.1, 0.15) is 15.8 Å². The molecule has 2 aromatic rings. The van der Waals surface area contributed by atoms with Gasteiger partial charge in [-0.05, 0) is 35.9 Å². The largest absolute Gasteiger partial charge is 0.497 e. The van der Waals surface area contributed by atoms with Gasteiger partial charge in [-0.1, -0.05) is 36.1 Å². The number of rotatable bonds is 9. The molecule has 8 heteroatoms. The van der Waals surface area contributed by atoms with Crippen molar-refractivity contribution in [2.24, 2.45) is 0 Å². The molecule has 0 radical (unpaired) electrons. The molecule has 1 aliphatic heterocycles. The molecule has 29 heavy (non-hydrogen) atoms. The Morgan fingerprint density at radius 2 is 1.79 bits per heavy atom. The van der Waals surface area contributed by atoms with Crippen molar-refractivity contribution in [1.29, 1.82) is 0 Å². The predicted molar refractivity (Wildman–Crippen MR) is 118 cm³/mol. The SMILES string of the molecule is COc1cccc(OCCCOc2ccc(C=C3SC(=S)NC3=O)cc2OC)c1. The van der Waals surface area contributed by atoms with E-state index in [1.54, 1.807) is 20.3 Å². The molecule has 0 spiro atoms. The van der Waals surface area contributed by atoms with Crippen LogP contribution in [0.4, 0.5) is 0 Å². The number of carbonyl (C=O) groups is 1. The monoisotopic (exact) mass is 431 g/mol. The first-order chi connectivity index (χ1) is 14.1. The Balaban J connectivity index is 1.52. The van der Waals surface area contributed by atoms with Gasteiger partial charge >= 0.3 is 0 Å². The molecular formula is C21H21NO5S2. The quantitative estimate of drug-likeness (QED) is 0.365. The highest BCUT2D eigenvalue weighted by Crippen LogP contribution is 2.31. The van der Waals surface area contributed by atoms with Gasteiger partial charge in [0, 0.05) is 12.5 Å². The number of ether oxygens (including phenoxy) is 4. The lowest BCUT2D eigenvalue weighted by Crippen LogP contribution is -2.17. The molecule has 1 aliphatic rings. The number of methoxy groups -OCH3 is 2.